The van der Waals surface area contributed by atoms with Gasteiger partial charge in [-0.15, -0.1) is 0 Å². The topological polar surface area (TPSA) is 63.3 Å². The van der Waals surface area contributed by atoms with E-state index in [9.17, 15) is 4.79 Å². The fourth-order valence-corrected chi connectivity index (χ4v) is 3.81. The average molecular weight is 442 g/mol. The van der Waals surface area contributed by atoms with Crippen LogP contribution in [-0.2, 0) is 11.3 Å². The van der Waals surface area contributed by atoms with E-state index in [4.69, 9.17) is 14.2 Å². The monoisotopic (exact) mass is 441 g/mol. The van der Waals surface area contributed by atoms with Crippen molar-refractivity contribution in [2.45, 2.75) is 26.4 Å². The van der Waals surface area contributed by atoms with Gasteiger partial charge in [-0.25, -0.2) is 0 Å². The van der Waals surface area contributed by atoms with Crippen LogP contribution in [0.5, 0.6) is 17.2 Å². The third-order valence-corrected chi connectivity index (χ3v) is 5.92. The summed E-state index contributed by atoms with van der Waals surface area (Å²) in [5.41, 5.74) is 2.31. The molecule has 1 fully saturated rings. The number of methoxy groups -OCH3 is 2. The summed E-state index contributed by atoms with van der Waals surface area (Å²) < 4.78 is 16.9. The minimum atomic E-state index is 0.150. The zero-order chi connectivity index (χ0) is 22.9. The number of ether oxygens (including phenoxy) is 3. The number of hydrogen-bond donors (Lipinski definition) is 1. The zero-order valence-electron chi connectivity index (χ0n) is 19.6. The maximum absolute atomic E-state index is 11.5. The van der Waals surface area contributed by atoms with Crippen molar-refractivity contribution in [2.75, 3.05) is 53.6 Å². The van der Waals surface area contributed by atoms with Gasteiger partial charge in [0.25, 0.3) is 0 Å². The molecule has 0 aliphatic carbocycles. The number of piperazine rings is 1. The number of carbonyl (C=O) groups excluding carboxylic acids is 1. The van der Waals surface area contributed by atoms with Crippen molar-refractivity contribution in [2.24, 2.45) is 0 Å². The maximum atomic E-state index is 11.5. The summed E-state index contributed by atoms with van der Waals surface area (Å²) in [5.74, 6) is 2.50. The number of nitrogens with zero attached hydrogens (tertiary/aromatic N) is 2. The summed E-state index contributed by atoms with van der Waals surface area (Å²) in [7, 11) is 3.34. The van der Waals surface area contributed by atoms with Gasteiger partial charge in [0.05, 0.1) is 14.2 Å². The second kappa shape index (κ2) is 11.7. The first-order valence-corrected chi connectivity index (χ1v) is 11.1. The molecule has 32 heavy (non-hydrogen) atoms. The van der Waals surface area contributed by atoms with Crippen molar-refractivity contribution >= 4 is 5.91 Å². The van der Waals surface area contributed by atoms with Gasteiger partial charge >= 0.3 is 0 Å². The summed E-state index contributed by atoms with van der Waals surface area (Å²) in [6, 6.07) is 14.3. The first-order chi connectivity index (χ1) is 15.5. The summed E-state index contributed by atoms with van der Waals surface area (Å²) >= 11 is 0. The lowest BCUT2D eigenvalue weighted by Gasteiger charge is -2.34. The second-order valence-corrected chi connectivity index (χ2v) is 8.06. The van der Waals surface area contributed by atoms with E-state index in [-0.39, 0.29) is 11.9 Å². The number of amides is 1. The van der Waals surface area contributed by atoms with Gasteiger partial charge in [0.1, 0.15) is 12.4 Å². The molecule has 3 rings (SSSR count). The highest BCUT2D eigenvalue weighted by Crippen LogP contribution is 2.28. The van der Waals surface area contributed by atoms with Gasteiger partial charge in [-0.3, -0.25) is 9.69 Å². The molecule has 0 saturated carbocycles. The van der Waals surface area contributed by atoms with E-state index in [1.807, 2.05) is 29.2 Å². The first-order valence-electron chi connectivity index (χ1n) is 11.1. The number of benzene rings is 2. The van der Waals surface area contributed by atoms with Crippen molar-refractivity contribution < 1.29 is 19.0 Å². The molecule has 1 heterocycles. The smallest absolute Gasteiger partial charge is 0.219 e. The Morgan fingerprint density at radius 1 is 1.03 bits per heavy atom. The van der Waals surface area contributed by atoms with Gasteiger partial charge in [-0.1, -0.05) is 18.2 Å². The summed E-state index contributed by atoms with van der Waals surface area (Å²) in [5, 5.41) is 3.56. The molecule has 7 heteroatoms. The fraction of sp³-hybridized carbons (Fsp3) is 0.480. The minimum Gasteiger partial charge on any atom is -0.497 e. The molecule has 0 aromatic heterocycles. The SMILES string of the molecule is COc1cccc([C@H](C)NCc2ccc(OC)c(OCCN3CCN(C(C)=O)CC3)c2)c1. The van der Waals surface area contributed by atoms with Gasteiger partial charge in [0.15, 0.2) is 11.5 Å². The Labute approximate surface area is 191 Å². The zero-order valence-corrected chi connectivity index (χ0v) is 19.6. The molecule has 1 amide bonds. The number of carbonyl (C=O) groups is 1. The van der Waals surface area contributed by atoms with Crippen LogP contribution in [0.2, 0.25) is 0 Å². The van der Waals surface area contributed by atoms with E-state index in [1.165, 1.54) is 5.56 Å². The molecule has 1 aliphatic rings. The highest BCUT2D eigenvalue weighted by atomic mass is 16.5. The normalized spacial score (nSPS) is 15.3. The Kier molecular flexibility index (Phi) is 8.76. The lowest BCUT2D eigenvalue weighted by Crippen LogP contribution is -2.48. The molecule has 7 nitrogen and oxygen atoms in total. The van der Waals surface area contributed by atoms with Gasteiger partial charge in [-0.2, -0.15) is 0 Å². The van der Waals surface area contributed by atoms with Crippen LogP contribution in [-0.4, -0.2) is 69.3 Å². The van der Waals surface area contributed by atoms with Gasteiger partial charge in [-0.05, 0) is 42.3 Å². The molecule has 0 radical (unpaired) electrons. The Morgan fingerprint density at radius 2 is 1.81 bits per heavy atom. The fourth-order valence-electron chi connectivity index (χ4n) is 3.81. The largest absolute Gasteiger partial charge is 0.497 e. The van der Waals surface area contributed by atoms with Crippen molar-refractivity contribution in [3.63, 3.8) is 0 Å². The Morgan fingerprint density at radius 3 is 2.50 bits per heavy atom. The predicted octanol–water partition coefficient (Wildman–Crippen LogP) is 3.10. The molecule has 1 N–H and O–H groups in total. The second-order valence-electron chi connectivity index (χ2n) is 8.06. The van der Waals surface area contributed by atoms with Crippen LogP contribution in [0.1, 0.15) is 31.0 Å². The Balaban J connectivity index is 1.51. The van der Waals surface area contributed by atoms with Crippen LogP contribution in [0.25, 0.3) is 0 Å². The highest BCUT2D eigenvalue weighted by molar-refractivity contribution is 5.73. The van der Waals surface area contributed by atoms with Crippen molar-refractivity contribution in [1.29, 1.82) is 0 Å². The summed E-state index contributed by atoms with van der Waals surface area (Å²) in [6.07, 6.45) is 0. The number of nitrogens with one attached hydrogen (secondary N) is 1. The van der Waals surface area contributed by atoms with Crippen LogP contribution in [0.3, 0.4) is 0 Å². The lowest BCUT2D eigenvalue weighted by atomic mass is 10.1. The lowest BCUT2D eigenvalue weighted by molar-refractivity contribution is -0.130. The predicted molar refractivity (Wildman–Crippen MR) is 125 cm³/mol. The van der Waals surface area contributed by atoms with Gasteiger partial charge in [0, 0.05) is 52.2 Å². The van der Waals surface area contributed by atoms with Gasteiger partial charge in [0.2, 0.25) is 5.91 Å². The minimum absolute atomic E-state index is 0.150. The van der Waals surface area contributed by atoms with E-state index in [1.54, 1.807) is 21.1 Å². The molecular weight excluding hydrogens is 406 g/mol. The molecule has 1 atom stereocenters. The molecular formula is C25H35N3O4. The molecule has 1 saturated heterocycles. The molecule has 1 aliphatic heterocycles. The van der Waals surface area contributed by atoms with E-state index in [2.05, 4.69) is 35.3 Å². The third kappa shape index (κ3) is 6.61. The highest BCUT2D eigenvalue weighted by Gasteiger charge is 2.18. The number of hydrogen-bond acceptors (Lipinski definition) is 6. The van der Waals surface area contributed by atoms with Crippen LogP contribution in [0, 0.1) is 0 Å². The van der Waals surface area contributed by atoms with E-state index < -0.39 is 0 Å². The Hall–Kier alpha value is -2.77. The maximum Gasteiger partial charge on any atom is 0.219 e. The van der Waals surface area contributed by atoms with Crippen LogP contribution in [0.15, 0.2) is 42.5 Å². The Bertz CT molecular complexity index is 881. The summed E-state index contributed by atoms with van der Waals surface area (Å²) in [6.45, 7) is 9.21. The quantitative estimate of drug-likeness (QED) is 0.611. The molecule has 0 unspecified atom stereocenters. The van der Waals surface area contributed by atoms with Crippen molar-refractivity contribution in [1.82, 2.24) is 15.1 Å². The molecule has 2 aromatic carbocycles. The number of rotatable bonds is 10. The molecule has 0 bridgehead atoms. The van der Waals surface area contributed by atoms with Gasteiger partial charge < -0.3 is 24.4 Å². The molecule has 2 aromatic rings. The van der Waals surface area contributed by atoms with E-state index in [0.29, 0.717) is 13.2 Å². The van der Waals surface area contributed by atoms with Crippen LogP contribution < -0.4 is 19.5 Å². The van der Waals surface area contributed by atoms with Crippen LogP contribution >= 0.6 is 0 Å². The summed E-state index contributed by atoms with van der Waals surface area (Å²) in [4.78, 5) is 15.7. The standard InChI is InChI=1S/C25H35N3O4/c1-19(22-6-5-7-23(17-22)30-3)26-18-21-8-9-24(31-4)25(16-21)32-15-14-27-10-12-28(13-11-27)20(2)29/h5-9,16-17,19,26H,10-15,18H2,1-4H3/t19-/m0/s1. The van der Waals surface area contributed by atoms with Crippen molar-refractivity contribution in [3.05, 3.63) is 53.6 Å². The van der Waals surface area contributed by atoms with Crippen LogP contribution in [0.4, 0.5) is 0 Å². The molecule has 0 spiro atoms. The average Bonchev–Trinajstić information content (AvgIpc) is 2.83. The van der Waals surface area contributed by atoms with E-state index >= 15 is 0 Å². The first kappa shape index (κ1) is 23.9. The van der Waals surface area contributed by atoms with Crippen molar-refractivity contribution in [3.8, 4) is 17.2 Å². The third-order valence-electron chi connectivity index (χ3n) is 5.92. The van der Waals surface area contributed by atoms with E-state index in [0.717, 1.165) is 55.5 Å². The molecule has 174 valence electrons.